The molecule has 0 radical (unpaired) electrons. The van der Waals surface area contributed by atoms with Crippen LogP contribution in [0.25, 0.3) is 10.9 Å². The fraction of sp³-hybridized carbons (Fsp3) is 0.111. The molecule has 0 aliphatic rings. The molecule has 13 heavy (non-hydrogen) atoms. The molecule has 4 heteroatoms. The maximum Gasteiger partial charge on any atom is 0.134 e. The Morgan fingerprint density at radius 3 is 2.92 bits per heavy atom. The zero-order valence-corrected chi connectivity index (χ0v) is 8.01. The molecule has 1 heterocycles. The quantitative estimate of drug-likeness (QED) is 0.700. The van der Waals surface area contributed by atoms with Crippen LogP contribution in [0, 0.1) is 0 Å². The van der Waals surface area contributed by atoms with Crippen LogP contribution in [0.1, 0.15) is 0 Å². The standard InChI is InChI=1S/C9H9N3S/c1-13-6-2-3-7-8(4-6)11-5-12-9(7)10/h2-5H,1H3,(H2,10,11,12). The van der Waals surface area contributed by atoms with Gasteiger partial charge in [0.2, 0.25) is 0 Å². The lowest BCUT2D eigenvalue weighted by Gasteiger charge is -2.01. The molecule has 1 aromatic carbocycles. The number of nitrogens with two attached hydrogens (primary N) is 1. The van der Waals surface area contributed by atoms with Gasteiger partial charge in [-0.1, -0.05) is 0 Å². The normalized spacial score (nSPS) is 10.5. The second kappa shape index (κ2) is 3.22. The molecule has 2 rings (SSSR count). The monoisotopic (exact) mass is 191 g/mol. The summed E-state index contributed by atoms with van der Waals surface area (Å²) in [6, 6.07) is 5.99. The molecule has 3 nitrogen and oxygen atoms in total. The minimum atomic E-state index is 0.539. The van der Waals surface area contributed by atoms with Gasteiger partial charge in [-0.2, -0.15) is 0 Å². The Kier molecular flexibility index (Phi) is 2.06. The first-order valence-corrected chi connectivity index (χ1v) is 5.08. The van der Waals surface area contributed by atoms with Crippen molar-refractivity contribution < 1.29 is 0 Å². The van der Waals surface area contributed by atoms with Crippen LogP contribution in [0.2, 0.25) is 0 Å². The topological polar surface area (TPSA) is 51.8 Å². The highest BCUT2D eigenvalue weighted by molar-refractivity contribution is 7.98. The van der Waals surface area contributed by atoms with Crippen molar-refractivity contribution >= 4 is 28.5 Å². The highest BCUT2D eigenvalue weighted by Crippen LogP contribution is 2.22. The summed E-state index contributed by atoms with van der Waals surface area (Å²) in [5, 5.41) is 0.917. The van der Waals surface area contributed by atoms with Gasteiger partial charge in [-0.05, 0) is 24.5 Å². The summed E-state index contributed by atoms with van der Waals surface area (Å²) in [4.78, 5) is 9.25. The van der Waals surface area contributed by atoms with Crippen molar-refractivity contribution in [3.8, 4) is 0 Å². The molecule has 0 atom stereocenters. The van der Waals surface area contributed by atoms with Gasteiger partial charge < -0.3 is 5.73 Å². The first-order valence-electron chi connectivity index (χ1n) is 3.85. The van der Waals surface area contributed by atoms with Gasteiger partial charge in [0.15, 0.2) is 0 Å². The van der Waals surface area contributed by atoms with Crippen molar-refractivity contribution in [2.45, 2.75) is 4.90 Å². The van der Waals surface area contributed by atoms with E-state index in [0.29, 0.717) is 5.82 Å². The number of anilines is 1. The molecule has 2 aromatic rings. The van der Waals surface area contributed by atoms with Crippen molar-refractivity contribution in [1.29, 1.82) is 0 Å². The Hall–Kier alpha value is -1.29. The summed E-state index contributed by atoms with van der Waals surface area (Å²) >= 11 is 1.69. The Labute approximate surface area is 80.4 Å². The van der Waals surface area contributed by atoms with Crippen LogP contribution in [0.3, 0.4) is 0 Å². The van der Waals surface area contributed by atoms with Gasteiger partial charge in [-0.25, -0.2) is 9.97 Å². The van der Waals surface area contributed by atoms with Crippen molar-refractivity contribution in [3.05, 3.63) is 24.5 Å². The molecule has 0 amide bonds. The lowest BCUT2D eigenvalue weighted by molar-refractivity contribution is 1.22. The van der Waals surface area contributed by atoms with Gasteiger partial charge >= 0.3 is 0 Å². The molecular weight excluding hydrogens is 182 g/mol. The molecule has 0 unspecified atom stereocenters. The van der Waals surface area contributed by atoms with E-state index >= 15 is 0 Å². The average Bonchev–Trinajstić information content (AvgIpc) is 2.18. The van der Waals surface area contributed by atoms with E-state index < -0.39 is 0 Å². The number of fused-ring (bicyclic) bond motifs is 1. The number of rotatable bonds is 1. The van der Waals surface area contributed by atoms with Crippen LogP contribution in [-0.4, -0.2) is 16.2 Å². The van der Waals surface area contributed by atoms with E-state index in [0.717, 1.165) is 10.9 Å². The molecular formula is C9H9N3S. The largest absolute Gasteiger partial charge is 0.383 e. The Balaban J connectivity index is 2.72. The van der Waals surface area contributed by atoms with Crippen LogP contribution in [-0.2, 0) is 0 Å². The highest BCUT2D eigenvalue weighted by atomic mass is 32.2. The van der Waals surface area contributed by atoms with Gasteiger partial charge in [0.05, 0.1) is 5.52 Å². The van der Waals surface area contributed by atoms with Gasteiger partial charge in [-0.3, -0.25) is 0 Å². The fourth-order valence-corrected chi connectivity index (χ4v) is 1.62. The summed E-state index contributed by atoms with van der Waals surface area (Å²) < 4.78 is 0. The minimum absolute atomic E-state index is 0.539. The molecule has 0 spiro atoms. The Bertz CT molecular complexity index is 442. The van der Waals surface area contributed by atoms with Crippen LogP contribution in [0.4, 0.5) is 5.82 Å². The van der Waals surface area contributed by atoms with Gasteiger partial charge in [0, 0.05) is 10.3 Å². The van der Waals surface area contributed by atoms with Crippen molar-refractivity contribution in [3.63, 3.8) is 0 Å². The predicted octanol–water partition coefficient (Wildman–Crippen LogP) is 1.93. The van der Waals surface area contributed by atoms with Crippen LogP contribution in [0.15, 0.2) is 29.4 Å². The van der Waals surface area contributed by atoms with E-state index in [1.54, 1.807) is 11.8 Å². The smallest absolute Gasteiger partial charge is 0.134 e. The first kappa shape index (κ1) is 8.31. The second-order valence-electron chi connectivity index (χ2n) is 2.64. The highest BCUT2D eigenvalue weighted by Gasteiger charge is 1.99. The summed E-state index contributed by atoms with van der Waals surface area (Å²) in [6.45, 7) is 0. The molecule has 0 saturated carbocycles. The average molecular weight is 191 g/mol. The van der Waals surface area contributed by atoms with Crippen LogP contribution in [0.5, 0.6) is 0 Å². The van der Waals surface area contributed by atoms with E-state index in [4.69, 9.17) is 5.73 Å². The molecule has 0 aliphatic heterocycles. The zero-order valence-electron chi connectivity index (χ0n) is 7.19. The predicted molar refractivity (Wildman–Crippen MR) is 55.7 cm³/mol. The van der Waals surface area contributed by atoms with Crippen molar-refractivity contribution in [2.75, 3.05) is 12.0 Å². The molecule has 66 valence electrons. The van der Waals surface area contributed by atoms with E-state index in [9.17, 15) is 0 Å². The zero-order chi connectivity index (χ0) is 9.26. The molecule has 1 aromatic heterocycles. The SMILES string of the molecule is CSc1ccc2c(N)ncnc2c1. The summed E-state index contributed by atoms with van der Waals surface area (Å²) in [5.41, 5.74) is 6.59. The number of nitrogens with zero attached hydrogens (tertiary/aromatic N) is 2. The number of hydrogen-bond donors (Lipinski definition) is 1. The Morgan fingerprint density at radius 1 is 1.31 bits per heavy atom. The third-order valence-corrected chi connectivity index (χ3v) is 2.60. The molecule has 0 fully saturated rings. The van der Waals surface area contributed by atoms with E-state index in [-0.39, 0.29) is 0 Å². The number of benzene rings is 1. The van der Waals surface area contributed by atoms with Crippen molar-refractivity contribution in [2.24, 2.45) is 0 Å². The van der Waals surface area contributed by atoms with E-state index in [1.165, 1.54) is 11.2 Å². The number of hydrogen-bond acceptors (Lipinski definition) is 4. The summed E-state index contributed by atoms with van der Waals surface area (Å²) in [6.07, 6.45) is 3.52. The number of nitrogen functional groups attached to an aromatic ring is 1. The maximum atomic E-state index is 5.69. The van der Waals surface area contributed by atoms with Crippen LogP contribution >= 0.6 is 11.8 Å². The minimum Gasteiger partial charge on any atom is -0.383 e. The summed E-state index contributed by atoms with van der Waals surface area (Å²) in [7, 11) is 0. The lowest BCUT2D eigenvalue weighted by atomic mass is 10.2. The molecule has 0 saturated heterocycles. The summed E-state index contributed by atoms with van der Waals surface area (Å²) in [5.74, 6) is 0.539. The van der Waals surface area contributed by atoms with E-state index in [1.807, 2.05) is 24.5 Å². The number of thioether (sulfide) groups is 1. The van der Waals surface area contributed by atoms with E-state index in [2.05, 4.69) is 9.97 Å². The lowest BCUT2D eigenvalue weighted by Crippen LogP contribution is -1.92. The first-order chi connectivity index (χ1) is 6.31. The Morgan fingerprint density at radius 2 is 2.15 bits per heavy atom. The third kappa shape index (κ3) is 1.45. The third-order valence-electron chi connectivity index (χ3n) is 1.87. The number of aromatic nitrogens is 2. The fourth-order valence-electron chi connectivity index (χ4n) is 1.18. The van der Waals surface area contributed by atoms with Gasteiger partial charge in [0.25, 0.3) is 0 Å². The van der Waals surface area contributed by atoms with Gasteiger partial charge in [-0.15, -0.1) is 11.8 Å². The van der Waals surface area contributed by atoms with Crippen molar-refractivity contribution in [1.82, 2.24) is 9.97 Å². The second-order valence-corrected chi connectivity index (χ2v) is 3.52. The van der Waals surface area contributed by atoms with Gasteiger partial charge in [0.1, 0.15) is 12.1 Å². The van der Waals surface area contributed by atoms with Crippen LogP contribution < -0.4 is 5.73 Å². The molecule has 0 aliphatic carbocycles. The molecule has 0 bridgehead atoms. The molecule has 2 N–H and O–H groups in total. The maximum absolute atomic E-state index is 5.69.